The van der Waals surface area contributed by atoms with Gasteiger partial charge in [-0.25, -0.2) is 14.6 Å². The number of fused-ring (bicyclic) bond motifs is 1. The number of methoxy groups -OCH3 is 2. The Labute approximate surface area is 171 Å². The molecule has 1 N–H and O–H groups in total. The maximum absolute atomic E-state index is 12.4. The summed E-state index contributed by atoms with van der Waals surface area (Å²) >= 11 is 1.27. The number of para-hydroxylation sites is 1. The lowest BCUT2D eigenvalue weighted by Gasteiger charge is -2.11. The zero-order valence-electron chi connectivity index (χ0n) is 15.8. The topological polar surface area (TPSA) is 94.6 Å². The molecule has 0 atom stereocenters. The second-order valence-electron chi connectivity index (χ2n) is 5.92. The highest BCUT2D eigenvalue weighted by molar-refractivity contribution is 7.99. The van der Waals surface area contributed by atoms with Gasteiger partial charge in [-0.2, -0.15) is 0 Å². The molecule has 1 aromatic heterocycles. The summed E-state index contributed by atoms with van der Waals surface area (Å²) in [6.07, 6.45) is 0. The number of benzene rings is 2. The zero-order chi connectivity index (χ0) is 20.8. The van der Waals surface area contributed by atoms with Crippen molar-refractivity contribution in [3.8, 4) is 0 Å². The predicted octanol–water partition coefficient (Wildman–Crippen LogP) is 3.54. The molecule has 0 fully saturated rings. The van der Waals surface area contributed by atoms with Crippen LogP contribution in [0.3, 0.4) is 0 Å². The molecular formula is C21H18N2O5S. The lowest BCUT2D eigenvalue weighted by Crippen LogP contribution is -2.18. The van der Waals surface area contributed by atoms with E-state index in [0.717, 1.165) is 10.9 Å². The number of hydrogen-bond donors (Lipinski definition) is 1. The Kier molecular flexibility index (Phi) is 6.46. The minimum Gasteiger partial charge on any atom is -0.465 e. The molecule has 8 heteroatoms. The van der Waals surface area contributed by atoms with Crippen LogP contribution in [0.4, 0.5) is 5.69 Å². The van der Waals surface area contributed by atoms with Gasteiger partial charge in [0.2, 0.25) is 5.91 Å². The van der Waals surface area contributed by atoms with Crippen LogP contribution >= 0.6 is 11.8 Å². The molecule has 0 aliphatic carbocycles. The highest BCUT2D eigenvalue weighted by atomic mass is 32.2. The van der Waals surface area contributed by atoms with Crippen LogP contribution in [0.25, 0.3) is 10.9 Å². The summed E-state index contributed by atoms with van der Waals surface area (Å²) in [6, 6.07) is 15.7. The number of carbonyl (C=O) groups is 3. The van der Waals surface area contributed by atoms with E-state index >= 15 is 0 Å². The average Bonchev–Trinajstić information content (AvgIpc) is 2.76. The third-order valence-corrected chi connectivity index (χ3v) is 4.97. The molecule has 29 heavy (non-hydrogen) atoms. The largest absolute Gasteiger partial charge is 0.465 e. The fourth-order valence-electron chi connectivity index (χ4n) is 2.63. The van der Waals surface area contributed by atoms with Crippen LogP contribution in [0, 0.1) is 0 Å². The van der Waals surface area contributed by atoms with Gasteiger partial charge >= 0.3 is 11.9 Å². The predicted molar refractivity (Wildman–Crippen MR) is 110 cm³/mol. The van der Waals surface area contributed by atoms with E-state index < -0.39 is 11.9 Å². The molecule has 0 saturated carbocycles. The summed E-state index contributed by atoms with van der Waals surface area (Å²) in [5, 5.41) is 4.38. The molecular weight excluding hydrogens is 392 g/mol. The van der Waals surface area contributed by atoms with Gasteiger partial charge in [-0.1, -0.05) is 36.0 Å². The minimum absolute atomic E-state index is 0.0778. The molecule has 0 aliphatic heterocycles. The Hall–Kier alpha value is -3.39. The molecule has 1 amide bonds. The smallest absolute Gasteiger partial charge is 0.339 e. The van der Waals surface area contributed by atoms with Gasteiger partial charge in [0.25, 0.3) is 0 Å². The maximum Gasteiger partial charge on any atom is 0.339 e. The Morgan fingerprint density at radius 2 is 1.72 bits per heavy atom. The monoisotopic (exact) mass is 410 g/mol. The van der Waals surface area contributed by atoms with Crippen LogP contribution in [0.5, 0.6) is 0 Å². The molecule has 2 aromatic carbocycles. The van der Waals surface area contributed by atoms with Crippen molar-refractivity contribution in [2.75, 3.05) is 25.3 Å². The highest BCUT2D eigenvalue weighted by Gasteiger charge is 2.17. The Bertz CT molecular complexity index is 1080. The van der Waals surface area contributed by atoms with Gasteiger partial charge in [-0.15, -0.1) is 0 Å². The number of hydrogen-bond acceptors (Lipinski definition) is 7. The van der Waals surface area contributed by atoms with Crippen molar-refractivity contribution in [3.63, 3.8) is 0 Å². The molecule has 3 aromatic rings. The lowest BCUT2D eigenvalue weighted by molar-refractivity contribution is -0.113. The number of aromatic nitrogens is 1. The highest BCUT2D eigenvalue weighted by Crippen LogP contribution is 2.22. The van der Waals surface area contributed by atoms with Crippen molar-refractivity contribution in [1.29, 1.82) is 0 Å². The first-order valence-corrected chi connectivity index (χ1v) is 9.59. The number of amides is 1. The molecule has 0 spiro atoms. The Morgan fingerprint density at radius 1 is 0.966 bits per heavy atom. The third kappa shape index (κ3) is 4.91. The fraction of sp³-hybridized carbons (Fsp3) is 0.143. The van der Waals surface area contributed by atoms with E-state index in [9.17, 15) is 14.4 Å². The molecule has 0 radical (unpaired) electrons. The molecule has 0 unspecified atom stereocenters. The van der Waals surface area contributed by atoms with Crippen LogP contribution in [0.15, 0.2) is 59.6 Å². The summed E-state index contributed by atoms with van der Waals surface area (Å²) in [6.45, 7) is 0. The van der Waals surface area contributed by atoms with Gasteiger partial charge in [-0.05, 0) is 30.3 Å². The van der Waals surface area contributed by atoms with Crippen molar-refractivity contribution in [2.45, 2.75) is 5.03 Å². The second kappa shape index (κ2) is 9.20. The number of ether oxygens (including phenoxy) is 2. The van der Waals surface area contributed by atoms with Gasteiger partial charge in [0.15, 0.2) is 0 Å². The first-order chi connectivity index (χ1) is 14.0. The maximum atomic E-state index is 12.4. The van der Waals surface area contributed by atoms with E-state index in [0.29, 0.717) is 5.03 Å². The quantitative estimate of drug-likeness (QED) is 0.491. The number of nitrogens with one attached hydrogen (secondary N) is 1. The van der Waals surface area contributed by atoms with Crippen molar-refractivity contribution in [3.05, 3.63) is 65.7 Å². The zero-order valence-corrected chi connectivity index (χ0v) is 16.6. The van der Waals surface area contributed by atoms with Crippen LogP contribution in [-0.4, -0.2) is 42.8 Å². The van der Waals surface area contributed by atoms with Crippen LogP contribution in [0.1, 0.15) is 20.7 Å². The molecule has 7 nitrogen and oxygen atoms in total. The summed E-state index contributed by atoms with van der Waals surface area (Å²) in [5.41, 5.74) is 1.37. The van der Waals surface area contributed by atoms with Crippen LogP contribution < -0.4 is 5.32 Å². The van der Waals surface area contributed by atoms with Crippen molar-refractivity contribution in [2.24, 2.45) is 0 Å². The Morgan fingerprint density at radius 3 is 2.48 bits per heavy atom. The van der Waals surface area contributed by atoms with E-state index in [1.165, 1.54) is 44.2 Å². The molecule has 0 saturated heterocycles. The second-order valence-corrected chi connectivity index (χ2v) is 6.92. The number of pyridine rings is 1. The molecule has 148 valence electrons. The van der Waals surface area contributed by atoms with Gasteiger partial charge in [0.1, 0.15) is 0 Å². The number of esters is 2. The van der Waals surface area contributed by atoms with Crippen LogP contribution in [0.2, 0.25) is 0 Å². The van der Waals surface area contributed by atoms with Gasteiger partial charge in [0.05, 0.1) is 47.3 Å². The van der Waals surface area contributed by atoms with Crippen LogP contribution in [-0.2, 0) is 14.3 Å². The minimum atomic E-state index is -0.624. The number of carbonyl (C=O) groups excluding carboxylic acids is 3. The van der Waals surface area contributed by atoms with E-state index in [2.05, 4.69) is 15.0 Å². The molecule has 0 aliphatic rings. The first kappa shape index (κ1) is 20.3. The summed E-state index contributed by atoms with van der Waals surface area (Å²) < 4.78 is 9.42. The average molecular weight is 410 g/mol. The standard InChI is InChI=1S/C21H18N2O5S/c1-27-20(25)14-7-9-15(21(26)28-2)17(11-14)22-18(24)12-29-19-10-8-13-5-3-4-6-16(13)23-19/h3-11H,12H2,1-2H3,(H,22,24). The van der Waals surface area contributed by atoms with Crippen molar-refractivity contribution >= 4 is 46.2 Å². The fourth-order valence-corrected chi connectivity index (χ4v) is 3.31. The third-order valence-electron chi connectivity index (χ3n) is 4.04. The van der Waals surface area contributed by atoms with Gasteiger partial charge in [0, 0.05) is 5.39 Å². The summed E-state index contributed by atoms with van der Waals surface area (Å²) in [7, 11) is 2.49. The summed E-state index contributed by atoms with van der Waals surface area (Å²) in [5.74, 6) is -1.47. The number of rotatable bonds is 6. The van der Waals surface area contributed by atoms with Gasteiger partial charge < -0.3 is 14.8 Å². The van der Waals surface area contributed by atoms with E-state index in [4.69, 9.17) is 4.74 Å². The van der Waals surface area contributed by atoms with E-state index in [1.807, 2.05) is 36.4 Å². The lowest BCUT2D eigenvalue weighted by atomic mass is 10.1. The van der Waals surface area contributed by atoms with Gasteiger partial charge in [-0.3, -0.25) is 4.79 Å². The number of thioether (sulfide) groups is 1. The Balaban J connectivity index is 1.74. The summed E-state index contributed by atoms with van der Waals surface area (Å²) in [4.78, 5) is 40.7. The normalized spacial score (nSPS) is 10.4. The number of nitrogens with zero attached hydrogens (tertiary/aromatic N) is 1. The van der Waals surface area contributed by atoms with E-state index in [1.54, 1.807) is 0 Å². The molecule has 1 heterocycles. The molecule has 0 bridgehead atoms. The number of anilines is 1. The molecule has 3 rings (SSSR count). The SMILES string of the molecule is COC(=O)c1ccc(C(=O)OC)c(NC(=O)CSc2ccc3ccccc3n2)c1. The first-order valence-electron chi connectivity index (χ1n) is 8.61. The van der Waals surface area contributed by atoms with E-state index in [-0.39, 0.29) is 28.5 Å². The van der Waals surface area contributed by atoms with Crippen molar-refractivity contribution in [1.82, 2.24) is 4.98 Å². The van der Waals surface area contributed by atoms with Crippen molar-refractivity contribution < 1.29 is 23.9 Å².